The summed E-state index contributed by atoms with van der Waals surface area (Å²) in [6, 6.07) is 8.39. The summed E-state index contributed by atoms with van der Waals surface area (Å²) in [6.45, 7) is 0.175. The first kappa shape index (κ1) is 26.8. The van der Waals surface area contributed by atoms with E-state index >= 15 is 0 Å². The summed E-state index contributed by atoms with van der Waals surface area (Å²) < 4.78 is 85.3. The molecule has 0 spiro atoms. The van der Waals surface area contributed by atoms with Crippen molar-refractivity contribution in [2.45, 2.75) is 42.2 Å². The fourth-order valence-electron chi connectivity index (χ4n) is 4.69. The molecule has 5 rings (SSSR count). The minimum absolute atomic E-state index is 0.218. The molecule has 3 heterocycles. The Hall–Kier alpha value is -3.81. The lowest BCUT2D eigenvalue weighted by molar-refractivity contribution is -0.274. The maximum absolute atomic E-state index is 13.8. The van der Waals surface area contributed by atoms with Gasteiger partial charge in [0, 0.05) is 22.9 Å². The van der Waals surface area contributed by atoms with Crippen LogP contribution < -0.4 is 15.2 Å². The Bertz CT molecular complexity index is 1510. The Kier molecular flexibility index (Phi) is 6.48. The van der Waals surface area contributed by atoms with Crippen LogP contribution in [0.1, 0.15) is 40.1 Å². The number of thioether (sulfide) groups is 1. The van der Waals surface area contributed by atoms with Crippen LogP contribution in [0.15, 0.2) is 64.4 Å². The number of halogens is 6. The molecule has 7 nitrogen and oxygen atoms in total. The zero-order chi connectivity index (χ0) is 28.3. The molecule has 0 fully saturated rings. The van der Waals surface area contributed by atoms with Gasteiger partial charge in [-0.1, -0.05) is 24.3 Å². The quantitative estimate of drug-likeness (QED) is 0.439. The predicted octanol–water partition coefficient (Wildman–Crippen LogP) is 5.15. The second-order valence-electron chi connectivity index (χ2n) is 8.93. The summed E-state index contributed by atoms with van der Waals surface area (Å²) in [4.78, 5) is 26.6. The molecule has 0 aliphatic carbocycles. The van der Waals surface area contributed by atoms with Gasteiger partial charge >= 0.3 is 12.5 Å². The van der Waals surface area contributed by atoms with Crippen LogP contribution in [0.3, 0.4) is 0 Å². The summed E-state index contributed by atoms with van der Waals surface area (Å²) in [5, 5.41) is 11.9. The van der Waals surface area contributed by atoms with Crippen LogP contribution in [-0.2, 0) is 5.75 Å². The number of fused-ring (bicyclic) bond motifs is 3. The zero-order valence-electron chi connectivity index (χ0n) is 20.0. The lowest BCUT2D eigenvalue weighted by Crippen LogP contribution is -2.60. The minimum atomic E-state index is -4.93. The molecule has 14 heteroatoms. The number of hydrogen-bond acceptors (Lipinski definition) is 6. The Balaban J connectivity index is 1.74. The highest BCUT2D eigenvalue weighted by atomic mass is 32.2. The molecule has 3 aromatic rings. The van der Waals surface area contributed by atoms with Gasteiger partial charge in [0.15, 0.2) is 11.4 Å². The lowest BCUT2D eigenvalue weighted by Gasteiger charge is -2.46. The van der Waals surface area contributed by atoms with Crippen LogP contribution in [-0.4, -0.2) is 45.8 Å². The molecule has 206 valence electrons. The van der Waals surface area contributed by atoms with Gasteiger partial charge in [0.2, 0.25) is 5.43 Å². The van der Waals surface area contributed by atoms with Crippen molar-refractivity contribution in [2.75, 3.05) is 11.7 Å². The van der Waals surface area contributed by atoms with Crippen molar-refractivity contribution in [1.29, 1.82) is 0 Å². The van der Waals surface area contributed by atoms with Crippen molar-refractivity contribution in [3.63, 3.8) is 0 Å². The molecule has 1 aromatic heterocycles. The van der Waals surface area contributed by atoms with E-state index in [4.69, 9.17) is 0 Å². The highest BCUT2D eigenvalue weighted by Gasteiger charge is 2.47. The summed E-state index contributed by atoms with van der Waals surface area (Å²) in [5.41, 5.74) is -0.147. The van der Waals surface area contributed by atoms with Gasteiger partial charge in [-0.3, -0.25) is 19.3 Å². The first-order valence-corrected chi connectivity index (χ1v) is 12.4. The van der Waals surface area contributed by atoms with Gasteiger partial charge in [0.25, 0.3) is 5.91 Å². The van der Waals surface area contributed by atoms with Crippen LogP contribution in [0.2, 0.25) is 0 Å². The number of alkyl halides is 6. The number of aromatic hydroxyl groups is 1. The number of carbonyl (C=O) groups is 1. The Morgan fingerprint density at radius 2 is 1.74 bits per heavy atom. The second kappa shape index (κ2) is 9.43. The first-order valence-electron chi connectivity index (χ1n) is 11.5. The number of hydrogen-bond donors (Lipinski definition) is 1. The monoisotopic (exact) mass is 571 g/mol. The summed E-state index contributed by atoms with van der Waals surface area (Å²) in [5.74, 6) is -2.46. The third kappa shape index (κ3) is 4.88. The van der Waals surface area contributed by atoms with Crippen molar-refractivity contribution in [2.24, 2.45) is 0 Å². The Labute approximate surface area is 221 Å². The number of ether oxygens (including phenoxy) is 1. The molecule has 2 aliphatic heterocycles. The maximum atomic E-state index is 13.8. The van der Waals surface area contributed by atoms with E-state index in [1.165, 1.54) is 35.1 Å². The van der Waals surface area contributed by atoms with Gasteiger partial charge in [0.1, 0.15) is 18.5 Å². The van der Waals surface area contributed by atoms with Crippen molar-refractivity contribution in [1.82, 2.24) is 9.58 Å². The predicted molar refractivity (Wildman–Crippen MR) is 128 cm³/mol. The molecule has 0 bridgehead atoms. The largest absolute Gasteiger partial charge is 0.573 e. The van der Waals surface area contributed by atoms with Crippen LogP contribution in [0.4, 0.5) is 26.3 Å². The van der Waals surface area contributed by atoms with E-state index in [1.807, 2.05) is 0 Å². The third-order valence-corrected chi connectivity index (χ3v) is 7.71. The molecular formula is C25H19F6N3O4S. The average Bonchev–Trinajstić information content (AvgIpc) is 3.01. The van der Waals surface area contributed by atoms with E-state index in [2.05, 4.69) is 4.74 Å². The molecule has 2 aliphatic rings. The normalized spacial score (nSPS) is 18.1. The average molecular weight is 571 g/mol. The molecule has 1 N–H and O–H groups in total. The van der Waals surface area contributed by atoms with Crippen molar-refractivity contribution >= 4 is 17.7 Å². The molecule has 39 heavy (non-hydrogen) atoms. The standard InChI is InChI=1S/C25H19F6N3O4S/c1-13(24(26,27)28)32-12-34(33-9-8-18(35)22(36)21(33)23(32)37)20-16-7-6-15(38-25(29,30)31)10-14(16)11-39-19-5-3-2-4-17(19)20/h2-10,13,20,36H,11-12H2,1H3/t13-,20+/m1/s1. The van der Waals surface area contributed by atoms with Crippen LogP contribution >= 0.6 is 11.8 Å². The topological polar surface area (TPSA) is 75.0 Å². The summed E-state index contributed by atoms with van der Waals surface area (Å²) >= 11 is 1.31. The highest BCUT2D eigenvalue weighted by molar-refractivity contribution is 7.98. The van der Waals surface area contributed by atoms with Crippen LogP contribution in [0.5, 0.6) is 11.5 Å². The molecule has 0 saturated heterocycles. The molecule has 2 aromatic carbocycles. The minimum Gasteiger partial charge on any atom is -0.502 e. The van der Waals surface area contributed by atoms with E-state index in [0.29, 0.717) is 26.5 Å². The number of carbonyl (C=O) groups excluding carboxylic acids is 1. The molecule has 2 atom stereocenters. The molecular weight excluding hydrogens is 552 g/mol. The van der Waals surface area contributed by atoms with E-state index in [0.717, 1.165) is 23.7 Å². The van der Waals surface area contributed by atoms with Gasteiger partial charge in [-0.25, -0.2) is 0 Å². The fraction of sp³-hybridized carbons (Fsp3) is 0.280. The Morgan fingerprint density at radius 1 is 1.03 bits per heavy atom. The molecule has 0 radical (unpaired) electrons. The van der Waals surface area contributed by atoms with E-state index < -0.39 is 59.8 Å². The maximum Gasteiger partial charge on any atom is 0.573 e. The van der Waals surface area contributed by atoms with Crippen LogP contribution in [0, 0.1) is 0 Å². The lowest BCUT2D eigenvalue weighted by atomic mass is 9.94. The van der Waals surface area contributed by atoms with Gasteiger partial charge in [-0.15, -0.1) is 24.9 Å². The van der Waals surface area contributed by atoms with Gasteiger partial charge in [-0.05, 0) is 41.8 Å². The third-order valence-electron chi connectivity index (χ3n) is 6.57. The van der Waals surface area contributed by atoms with E-state index in [-0.39, 0.29) is 5.75 Å². The number of aromatic nitrogens is 1. The Morgan fingerprint density at radius 3 is 2.44 bits per heavy atom. The number of amides is 1. The summed E-state index contributed by atoms with van der Waals surface area (Å²) in [7, 11) is 0. The number of pyridine rings is 1. The fourth-order valence-corrected chi connectivity index (χ4v) is 5.77. The van der Waals surface area contributed by atoms with Crippen molar-refractivity contribution in [3.05, 3.63) is 87.3 Å². The van der Waals surface area contributed by atoms with Crippen LogP contribution in [0.25, 0.3) is 0 Å². The molecule has 0 unspecified atom stereocenters. The zero-order valence-corrected chi connectivity index (χ0v) is 20.8. The van der Waals surface area contributed by atoms with E-state index in [1.54, 1.807) is 24.3 Å². The number of nitrogens with zero attached hydrogens (tertiary/aromatic N) is 3. The smallest absolute Gasteiger partial charge is 0.502 e. The second-order valence-corrected chi connectivity index (χ2v) is 9.95. The van der Waals surface area contributed by atoms with Crippen molar-refractivity contribution < 1.29 is 41.0 Å². The van der Waals surface area contributed by atoms with Gasteiger partial charge < -0.3 is 14.7 Å². The number of rotatable bonds is 3. The summed E-state index contributed by atoms with van der Waals surface area (Å²) in [6.07, 6.45) is -8.59. The van der Waals surface area contributed by atoms with Crippen molar-refractivity contribution in [3.8, 4) is 11.5 Å². The number of benzene rings is 2. The van der Waals surface area contributed by atoms with Gasteiger partial charge in [0.05, 0.1) is 6.04 Å². The first-order chi connectivity index (χ1) is 18.3. The molecule has 0 saturated carbocycles. The van der Waals surface area contributed by atoms with Gasteiger partial charge in [-0.2, -0.15) is 13.2 Å². The molecule has 1 amide bonds. The highest BCUT2D eigenvalue weighted by Crippen LogP contribution is 2.44. The van der Waals surface area contributed by atoms with E-state index in [9.17, 15) is 41.0 Å². The SMILES string of the molecule is C[C@@H](N1CN([C@H]2c3ccc(OC(F)(F)F)cc3CSc3ccccc32)n2ccc(=O)c(O)c2C1=O)C(F)(F)F.